The van der Waals surface area contributed by atoms with Gasteiger partial charge in [-0.1, -0.05) is 6.07 Å². The van der Waals surface area contributed by atoms with Crippen LogP contribution >= 0.6 is 23.1 Å². The molecule has 0 fully saturated rings. The second kappa shape index (κ2) is 8.87. The summed E-state index contributed by atoms with van der Waals surface area (Å²) in [4.78, 5) is 22.9. The van der Waals surface area contributed by atoms with E-state index in [0.29, 0.717) is 18.0 Å². The highest BCUT2D eigenvalue weighted by molar-refractivity contribution is 7.98. The van der Waals surface area contributed by atoms with Gasteiger partial charge in [0.1, 0.15) is 17.0 Å². The summed E-state index contributed by atoms with van der Waals surface area (Å²) in [7, 11) is 0. The number of thiophene rings is 1. The number of ether oxygens (including phenoxy) is 2. The summed E-state index contributed by atoms with van der Waals surface area (Å²) in [6.45, 7) is 3.46. The molecule has 1 amide bonds. The van der Waals surface area contributed by atoms with Gasteiger partial charge in [0, 0.05) is 13.1 Å². The quantitative estimate of drug-likeness (QED) is 0.526. The lowest BCUT2D eigenvalue weighted by atomic mass is 10.1. The van der Waals surface area contributed by atoms with Gasteiger partial charge in [0.15, 0.2) is 11.5 Å². The van der Waals surface area contributed by atoms with Gasteiger partial charge >= 0.3 is 0 Å². The lowest BCUT2D eigenvalue weighted by molar-refractivity contribution is 0.0957. The maximum Gasteiger partial charge on any atom is 0.261 e. The van der Waals surface area contributed by atoms with Crippen molar-refractivity contribution in [1.29, 1.82) is 0 Å². The number of aromatic nitrogens is 2. The van der Waals surface area contributed by atoms with E-state index >= 15 is 0 Å². The third-order valence-corrected chi connectivity index (χ3v) is 6.54. The molecule has 0 radical (unpaired) electrons. The Morgan fingerprint density at radius 3 is 3.00 bits per heavy atom. The normalized spacial score (nSPS) is 12.3. The minimum atomic E-state index is -0.0478. The maximum atomic E-state index is 12.6. The van der Waals surface area contributed by atoms with Crippen LogP contribution < -0.4 is 20.1 Å². The number of nitrogens with one attached hydrogen (secondary N) is 2. The molecule has 152 valence electrons. The summed E-state index contributed by atoms with van der Waals surface area (Å²) in [5, 5.41) is 7.27. The summed E-state index contributed by atoms with van der Waals surface area (Å²) in [6.07, 6.45) is 4.55. The van der Waals surface area contributed by atoms with Crippen molar-refractivity contribution in [3.63, 3.8) is 0 Å². The number of carbonyl (C=O) groups excluding carboxylic acids is 1. The molecule has 0 saturated heterocycles. The maximum absolute atomic E-state index is 12.6. The van der Waals surface area contributed by atoms with Crippen LogP contribution in [0.4, 0.5) is 5.82 Å². The zero-order valence-electron chi connectivity index (χ0n) is 16.3. The van der Waals surface area contributed by atoms with Gasteiger partial charge in [-0.2, -0.15) is 11.8 Å². The van der Waals surface area contributed by atoms with E-state index in [2.05, 4.69) is 26.9 Å². The Morgan fingerprint density at radius 1 is 1.28 bits per heavy atom. The van der Waals surface area contributed by atoms with Crippen molar-refractivity contribution >= 4 is 45.0 Å². The molecule has 29 heavy (non-hydrogen) atoms. The van der Waals surface area contributed by atoms with Crippen LogP contribution in [0.2, 0.25) is 0 Å². The van der Waals surface area contributed by atoms with Gasteiger partial charge in [-0.15, -0.1) is 11.3 Å². The molecular weight excluding hydrogens is 408 g/mol. The van der Waals surface area contributed by atoms with Crippen LogP contribution in [-0.2, 0) is 6.54 Å². The van der Waals surface area contributed by atoms with E-state index in [1.54, 1.807) is 11.8 Å². The number of amides is 1. The first-order chi connectivity index (χ1) is 14.2. The minimum absolute atomic E-state index is 0.0478. The Labute approximate surface area is 177 Å². The Morgan fingerprint density at radius 2 is 2.14 bits per heavy atom. The molecule has 0 atom stereocenters. The van der Waals surface area contributed by atoms with Crippen molar-refractivity contribution in [2.75, 3.05) is 30.7 Å². The highest BCUT2D eigenvalue weighted by Crippen LogP contribution is 2.35. The zero-order valence-corrected chi connectivity index (χ0v) is 17.9. The van der Waals surface area contributed by atoms with Gasteiger partial charge in [0.2, 0.25) is 6.79 Å². The molecule has 1 aromatic carbocycles. The molecule has 2 N–H and O–H groups in total. The smallest absolute Gasteiger partial charge is 0.261 e. The van der Waals surface area contributed by atoms with Crippen LogP contribution in [0.15, 0.2) is 24.5 Å². The first-order valence-electron chi connectivity index (χ1n) is 9.31. The van der Waals surface area contributed by atoms with Crippen LogP contribution in [0.5, 0.6) is 11.5 Å². The summed E-state index contributed by atoms with van der Waals surface area (Å²) in [5.74, 6) is 3.23. The lowest BCUT2D eigenvalue weighted by Crippen LogP contribution is -2.24. The molecule has 3 heterocycles. The first-order valence-corrected chi connectivity index (χ1v) is 11.5. The van der Waals surface area contributed by atoms with Gasteiger partial charge in [-0.3, -0.25) is 4.79 Å². The van der Waals surface area contributed by atoms with Crippen LogP contribution in [0.3, 0.4) is 0 Å². The van der Waals surface area contributed by atoms with Crippen molar-refractivity contribution in [2.45, 2.75) is 19.9 Å². The molecule has 2 aromatic heterocycles. The van der Waals surface area contributed by atoms with E-state index in [0.717, 1.165) is 50.8 Å². The molecule has 0 bridgehead atoms. The zero-order chi connectivity index (χ0) is 20.2. The molecule has 1 aliphatic heterocycles. The van der Waals surface area contributed by atoms with Crippen LogP contribution in [-0.4, -0.2) is 41.2 Å². The fraction of sp³-hybridized carbons (Fsp3) is 0.350. The van der Waals surface area contributed by atoms with Crippen LogP contribution in [0.25, 0.3) is 10.2 Å². The van der Waals surface area contributed by atoms with Crippen LogP contribution in [0, 0.1) is 6.92 Å². The van der Waals surface area contributed by atoms with E-state index in [-0.39, 0.29) is 12.7 Å². The Hall–Kier alpha value is -2.52. The second-order valence-corrected chi connectivity index (χ2v) is 8.59. The molecular formula is C20H22N4O3S2. The number of hydrogen-bond acceptors (Lipinski definition) is 8. The van der Waals surface area contributed by atoms with Crippen molar-refractivity contribution < 1.29 is 14.3 Å². The van der Waals surface area contributed by atoms with Crippen molar-refractivity contribution in [3.05, 3.63) is 40.5 Å². The number of rotatable bonds is 8. The van der Waals surface area contributed by atoms with E-state index in [4.69, 9.17) is 9.47 Å². The van der Waals surface area contributed by atoms with Crippen molar-refractivity contribution in [1.82, 2.24) is 15.3 Å². The van der Waals surface area contributed by atoms with Gasteiger partial charge in [-0.05, 0) is 48.6 Å². The van der Waals surface area contributed by atoms with Gasteiger partial charge < -0.3 is 20.1 Å². The third kappa shape index (κ3) is 4.25. The van der Waals surface area contributed by atoms with E-state index in [9.17, 15) is 4.79 Å². The molecule has 7 nitrogen and oxygen atoms in total. The lowest BCUT2D eigenvalue weighted by Gasteiger charge is -2.08. The fourth-order valence-corrected chi connectivity index (χ4v) is 4.66. The number of aryl methyl sites for hydroxylation is 1. The van der Waals surface area contributed by atoms with Crippen molar-refractivity contribution in [3.8, 4) is 11.5 Å². The molecule has 3 aromatic rings. The molecule has 9 heteroatoms. The standard InChI is InChI=1S/C20H22N4O3S2/c1-12-16-18(22-9-13-4-5-14-15(8-13)27-11-26-14)23-10-24-20(16)29-17(12)19(25)21-6-3-7-28-2/h4-5,8,10H,3,6-7,9,11H2,1-2H3,(H,21,25)(H,22,23,24). The number of carbonyl (C=O) groups is 1. The highest BCUT2D eigenvalue weighted by Gasteiger charge is 2.19. The third-order valence-electron chi connectivity index (χ3n) is 4.64. The SMILES string of the molecule is CSCCCNC(=O)c1sc2ncnc(NCc3ccc4c(c3)OCO4)c2c1C. The molecule has 0 saturated carbocycles. The number of fused-ring (bicyclic) bond motifs is 2. The fourth-order valence-electron chi connectivity index (χ4n) is 3.16. The second-order valence-electron chi connectivity index (χ2n) is 6.60. The van der Waals surface area contributed by atoms with Gasteiger partial charge in [-0.25, -0.2) is 9.97 Å². The molecule has 1 aliphatic rings. The van der Waals surface area contributed by atoms with E-state index in [1.165, 1.54) is 17.7 Å². The highest BCUT2D eigenvalue weighted by atomic mass is 32.2. The monoisotopic (exact) mass is 430 g/mol. The Kier molecular flexibility index (Phi) is 6.05. The minimum Gasteiger partial charge on any atom is -0.454 e. The average Bonchev–Trinajstić information content (AvgIpc) is 3.34. The number of thioether (sulfide) groups is 1. The Bertz CT molecular complexity index is 1040. The van der Waals surface area contributed by atoms with E-state index in [1.807, 2.05) is 25.1 Å². The summed E-state index contributed by atoms with van der Waals surface area (Å²) < 4.78 is 10.8. The molecule has 0 spiro atoms. The predicted octanol–water partition coefficient (Wildman–Crippen LogP) is 3.82. The average molecular weight is 431 g/mol. The molecule has 4 rings (SSSR count). The summed E-state index contributed by atoms with van der Waals surface area (Å²) in [5.41, 5.74) is 1.96. The molecule has 0 unspecified atom stereocenters. The largest absolute Gasteiger partial charge is 0.454 e. The van der Waals surface area contributed by atoms with Crippen molar-refractivity contribution in [2.24, 2.45) is 0 Å². The summed E-state index contributed by atoms with van der Waals surface area (Å²) in [6, 6.07) is 5.86. The first kappa shape index (κ1) is 19.8. The number of benzene rings is 1. The van der Waals surface area contributed by atoms with Gasteiger partial charge in [0.25, 0.3) is 5.91 Å². The Balaban J connectivity index is 1.51. The predicted molar refractivity (Wildman–Crippen MR) is 117 cm³/mol. The van der Waals surface area contributed by atoms with E-state index < -0.39 is 0 Å². The number of hydrogen-bond donors (Lipinski definition) is 2. The summed E-state index contributed by atoms with van der Waals surface area (Å²) >= 11 is 3.18. The van der Waals surface area contributed by atoms with Crippen LogP contribution in [0.1, 0.15) is 27.2 Å². The number of anilines is 1. The topological polar surface area (TPSA) is 85.4 Å². The molecule has 0 aliphatic carbocycles. The number of nitrogens with zero attached hydrogens (tertiary/aromatic N) is 2. The van der Waals surface area contributed by atoms with Gasteiger partial charge in [0.05, 0.1) is 10.3 Å².